The lowest BCUT2D eigenvalue weighted by atomic mass is 10.0. The van der Waals surface area contributed by atoms with E-state index in [1.165, 1.54) is 42.5 Å². The molecule has 0 amide bonds. The quantitative estimate of drug-likeness (QED) is 0.141. The van der Waals surface area contributed by atoms with Crippen molar-refractivity contribution in [1.82, 2.24) is 0 Å². The lowest BCUT2D eigenvalue weighted by molar-refractivity contribution is 0.0697. The van der Waals surface area contributed by atoms with E-state index in [9.17, 15) is 26.7 Å². The molecule has 0 saturated heterocycles. The molecule has 0 bridgehead atoms. The van der Waals surface area contributed by atoms with Crippen LogP contribution in [-0.4, -0.2) is 27.9 Å². The predicted octanol–water partition coefficient (Wildman–Crippen LogP) is 6.99. The molecule has 0 atom stereocenters. The van der Waals surface area contributed by atoms with Crippen LogP contribution in [0.4, 0.5) is 11.4 Å². The van der Waals surface area contributed by atoms with Gasteiger partial charge in [0.25, 0.3) is 20.0 Å². The normalized spacial score (nSPS) is 11.5. The molecule has 5 aromatic carbocycles. The number of hydrogen-bond acceptors (Lipinski definition) is 6. The molecule has 9 nitrogen and oxygen atoms in total. The van der Waals surface area contributed by atoms with Gasteiger partial charge in [0, 0.05) is 0 Å². The molecule has 11 heteroatoms. The number of carboxylic acid groups (broad SMARTS) is 1. The van der Waals surface area contributed by atoms with E-state index in [0.717, 1.165) is 16.7 Å². The number of aryl methyl sites for hydroxylation is 2. The van der Waals surface area contributed by atoms with Crippen molar-refractivity contribution in [3.8, 4) is 11.5 Å². The van der Waals surface area contributed by atoms with Gasteiger partial charge in [0.05, 0.1) is 26.7 Å². The first kappa shape index (κ1) is 31.3. The third kappa shape index (κ3) is 7.69. The number of rotatable bonds is 11. The molecular weight excluding hydrogens is 613 g/mol. The fourth-order valence-corrected chi connectivity index (χ4v) is 6.71. The molecule has 0 saturated carbocycles. The maximum Gasteiger partial charge on any atom is 0.337 e. The summed E-state index contributed by atoms with van der Waals surface area (Å²) >= 11 is 0. The monoisotopic (exact) mass is 642 g/mol. The van der Waals surface area contributed by atoms with Gasteiger partial charge in [-0.25, -0.2) is 21.6 Å². The van der Waals surface area contributed by atoms with E-state index in [0.29, 0.717) is 23.4 Å². The molecule has 0 aliphatic heterocycles. The largest absolute Gasteiger partial charge is 0.478 e. The third-order valence-corrected chi connectivity index (χ3v) is 9.69. The first-order chi connectivity index (χ1) is 21.4. The standard InChI is InChI=1S/C34H30N2O7S2/c1-23-8-14-29(15-9-23)44(39,40)35-32-18-12-27(21-26(32)20-25-6-4-3-5-7-25)43-28-13-19-33(31(22-28)34(37)38)36-45(41,42)30-16-10-24(2)11-17-30/h3-19,21-22,35-36H,20H2,1-2H3,(H,37,38). The van der Waals surface area contributed by atoms with E-state index < -0.39 is 26.0 Å². The van der Waals surface area contributed by atoms with E-state index in [1.54, 1.807) is 42.5 Å². The molecule has 0 radical (unpaired) electrons. The molecule has 0 aliphatic carbocycles. The highest BCUT2D eigenvalue weighted by atomic mass is 32.2. The smallest absolute Gasteiger partial charge is 0.337 e. The average molecular weight is 643 g/mol. The summed E-state index contributed by atoms with van der Waals surface area (Å²) in [5, 5.41) is 9.87. The molecular formula is C34H30N2O7S2. The van der Waals surface area contributed by atoms with E-state index in [4.69, 9.17) is 4.74 Å². The van der Waals surface area contributed by atoms with Crippen LogP contribution in [0, 0.1) is 13.8 Å². The van der Waals surface area contributed by atoms with Crippen LogP contribution in [0.2, 0.25) is 0 Å². The summed E-state index contributed by atoms with van der Waals surface area (Å²) in [5.41, 5.74) is 3.29. The minimum atomic E-state index is -4.05. The number of aromatic carboxylic acids is 1. The van der Waals surface area contributed by atoms with Crippen LogP contribution in [0.5, 0.6) is 11.5 Å². The summed E-state index contributed by atoms with van der Waals surface area (Å²) in [5.74, 6) is -0.888. The fraction of sp³-hybridized carbons (Fsp3) is 0.0882. The molecule has 0 spiro atoms. The maximum atomic E-state index is 13.2. The van der Waals surface area contributed by atoms with Gasteiger partial charge >= 0.3 is 5.97 Å². The Balaban J connectivity index is 1.44. The van der Waals surface area contributed by atoms with Crippen molar-refractivity contribution < 1.29 is 31.5 Å². The SMILES string of the molecule is Cc1ccc(S(=O)(=O)Nc2ccc(Oc3ccc(NS(=O)(=O)c4ccc(C)cc4)c(C(=O)O)c3)cc2Cc2ccccc2)cc1. The van der Waals surface area contributed by atoms with Gasteiger partial charge in [-0.15, -0.1) is 0 Å². The Morgan fingerprint density at radius 2 is 1.13 bits per heavy atom. The van der Waals surface area contributed by atoms with Crippen molar-refractivity contribution in [3.05, 3.63) is 143 Å². The Morgan fingerprint density at radius 3 is 1.67 bits per heavy atom. The van der Waals surface area contributed by atoms with Gasteiger partial charge in [-0.1, -0.05) is 65.7 Å². The maximum absolute atomic E-state index is 13.2. The average Bonchev–Trinajstić information content (AvgIpc) is 3.00. The van der Waals surface area contributed by atoms with Gasteiger partial charge in [0.1, 0.15) is 11.5 Å². The molecule has 0 aliphatic rings. The third-order valence-electron chi connectivity index (χ3n) is 6.92. The van der Waals surface area contributed by atoms with Gasteiger partial charge < -0.3 is 9.84 Å². The van der Waals surface area contributed by atoms with Gasteiger partial charge in [-0.05, 0) is 92.1 Å². The number of hydrogen-bond donors (Lipinski definition) is 3. The summed E-state index contributed by atoms with van der Waals surface area (Å²) < 4.78 is 63.2. The molecule has 3 N–H and O–H groups in total. The van der Waals surface area contributed by atoms with Crippen LogP contribution >= 0.6 is 0 Å². The number of sulfonamides is 2. The van der Waals surface area contributed by atoms with Crippen molar-refractivity contribution in [1.29, 1.82) is 0 Å². The zero-order valence-electron chi connectivity index (χ0n) is 24.4. The van der Waals surface area contributed by atoms with Crippen LogP contribution in [0.15, 0.2) is 125 Å². The molecule has 230 valence electrons. The molecule has 0 heterocycles. The summed E-state index contributed by atoms with van der Waals surface area (Å²) in [4.78, 5) is 12.2. The number of ether oxygens (including phenoxy) is 1. The van der Waals surface area contributed by atoms with Crippen LogP contribution in [0.25, 0.3) is 0 Å². The molecule has 5 aromatic rings. The van der Waals surface area contributed by atoms with Crippen molar-refractivity contribution in [2.24, 2.45) is 0 Å². The summed E-state index contributed by atoms with van der Waals surface area (Å²) in [6, 6.07) is 31.0. The number of nitrogens with one attached hydrogen (secondary N) is 2. The number of anilines is 2. The Morgan fingerprint density at radius 1 is 0.644 bits per heavy atom. The molecule has 0 fully saturated rings. The van der Waals surface area contributed by atoms with Crippen molar-refractivity contribution in [2.45, 2.75) is 30.1 Å². The van der Waals surface area contributed by atoms with E-state index >= 15 is 0 Å². The topological polar surface area (TPSA) is 139 Å². The van der Waals surface area contributed by atoms with Gasteiger partial charge in [-0.3, -0.25) is 9.44 Å². The Kier molecular flexibility index (Phi) is 8.94. The summed E-state index contributed by atoms with van der Waals surface area (Å²) in [7, 11) is -7.93. The van der Waals surface area contributed by atoms with Gasteiger partial charge in [0.15, 0.2) is 0 Å². The highest BCUT2D eigenvalue weighted by Crippen LogP contribution is 2.32. The fourth-order valence-electron chi connectivity index (χ4n) is 4.53. The van der Waals surface area contributed by atoms with Gasteiger partial charge in [0.2, 0.25) is 0 Å². The minimum Gasteiger partial charge on any atom is -0.478 e. The van der Waals surface area contributed by atoms with Crippen molar-refractivity contribution in [2.75, 3.05) is 9.44 Å². The van der Waals surface area contributed by atoms with Crippen LogP contribution < -0.4 is 14.2 Å². The summed E-state index contributed by atoms with van der Waals surface area (Å²) in [6.45, 7) is 3.70. The van der Waals surface area contributed by atoms with Crippen LogP contribution in [0.3, 0.4) is 0 Å². The number of carboxylic acids is 1. The lowest BCUT2D eigenvalue weighted by Crippen LogP contribution is -2.15. The highest BCUT2D eigenvalue weighted by molar-refractivity contribution is 7.93. The van der Waals surface area contributed by atoms with E-state index in [2.05, 4.69) is 9.44 Å². The van der Waals surface area contributed by atoms with Crippen LogP contribution in [-0.2, 0) is 26.5 Å². The molecule has 45 heavy (non-hydrogen) atoms. The first-order valence-electron chi connectivity index (χ1n) is 13.8. The number of benzene rings is 5. The van der Waals surface area contributed by atoms with E-state index in [1.807, 2.05) is 44.2 Å². The Hall–Kier alpha value is -5.13. The summed E-state index contributed by atoms with van der Waals surface area (Å²) in [6.07, 6.45) is 0.379. The van der Waals surface area contributed by atoms with Gasteiger partial charge in [-0.2, -0.15) is 0 Å². The molecule has 0 aromatic heterocycles. The lowest BCUT2D eigenvalue weighted by Gasteiger charge is -2.16. The van der Waals surface area contributed by atoms with E-state index in [-0.39, 0.29) is 26.8 Å². The molecule has 0 unspecified atom stereocenters. The van der Waals surface area contributed by atoms with Crippen molar-refractivity contribution in [3.63, 3.8) is 0 Å². The minimum absolute atomic E-state index is 0.00574. The van der Waals surface area contributed by atoms with Crippen molar-refractivity contribution >= 4 is 37.4 Å². The molecule has 5 rings (SSSR count). The predicted molar refractivity (Wildman–Crippen MR) is 173 cm³/mol. The second-order valence-electron chi connectivity index (χ2n) is 10.4. The highest BCUT2D eigenvalue weighted by Gasteiger charge is 2.21. The second kappa shape index (κ2) is 12.8. The Bertz CT molecular complexity index is 2060. The zero-order chi connectivity index (χ0) is 32.2. The Labute approximate surface area is 262 Å². The zero-order valence-corrected chi connectivity index (χ0v) is 26.0. The number of carbonyl (C=O) groups is 1. The second-order valence-corrected chi connectivity index (χ2v) is 13.8. The van der Waals surface area contributed by atoms with Crippen LogP contribution in [0.1, 0.15) is 32.6 Å². The first-order valence-corrected chi connectivity index (χ1v) is 16.8.